The van der Waals surface area contributed by atoms with E-state index in [1.165, 1.54) is 0 Å². The Morgan fingerprint density at radius 2 is 1.34 bits per heavy atom. The zero-order valence-electron chi connectivity index (χ0n) is 17.2. The molecule has 0 saturated carbocycles. The monoisotopic (exact) mass is 434 g/mol. The lowest BCUT2D eigenvalue weighted by Crippen LogP contribution is -2.50. The van der Waals surface area contributed by atoms with E-state index in [2.05, 4.69) is 43.0 Å². The van der Waals surface area contributed by atoms with Gasteiger partial charge in [0.05, 0.1) is 7.05 Å². The van der Waals surface area contributed by atoms with Crippen LogP contribution in [0.25, 0.3) is 0 Å². The van der Waals surface area contributed by atoms with Crippen molar-refractivity contribution in [3.63, 3.8) is 0 Å². The van der Waals surface area contributed by atoms with Crippen molar-refractivity contribution in [2.45, 2.75) is 6.04 Å². The van der Waals surface area contributed by atoms with Gasteiger partial charge < -0.3 is 17.3 Å². The maximum absolute atomic E-state index is 9.75. The maximum Gasteiger partial charge on any atom is 0.673 e. The van der Waals surface area contributed by atoms with Crippen LogP contribution in [0.4, 0.5) is 28.6 Å². The summed E-state index contributed by atoms with van der Waals surface area (Å²) in [6, 6.07) is 28.0. The van der Waals surface area contributed by atoms with Crippen LogP contribution in [0.5, 0.6) is 0 Å². The fraction of sp³-hybridized carbons (Fsp3) is 0.0800. The molecule has 0 radical (unpaired) electrons. The fourth-order valence-corrected chi connectivity index (χ4v) is 3.52. The molecule has 0 fully saturated rings. The Labute approximate surface area is 184 Å². The molecule has 1 heterocycles. The quantitative estimate of drug-likeness (QED) is 0.192. The number of quaternary nitrogens is 1. The van der Waals surface area contributed by atoms with Crippen LogP contribution in [0, 0.1) is 24.2 Å². The van der Waals surface area contributed by atoms with Gasteiger partial charge in [0.15, 0.2) is 11.7 Å². The van der Waals surface area contributed by atoms with E-state index in [0.29, 0.717) is 4.48 Å². The molecule has 3 aromatic rings. The van der Waals surface area contributed by atoms with Gasteiger partial charge in [0.25, 0.3) is 5.84 Å². The van der Waals surface area contributed by atoms with E-state index < -0.39 is 7.25 Å². The Balaban J connectivity index is 0.000000523. The van der Waals surface area contributed by atoms with E-state index >= 15 is 0 Å². The number of terminal acetylenes is 1. The maximum atomic E-state index is 9.75. The average Bonchev–Trinajstić information content (AvgIpc) is 3.06. The molecule has 2 nitrogen and oxygen atoms in total. The highest BCUT2D eigenvalue weighted by atomic mass is 19.5. The van der Waals surface area contributed by atoms with Crippen LogP contribution in [-0.4, -0.2) is 20.1 Å². The van der Waals surface area contributed by atoms with Gasteiger partial charge in [0.1, 0.15) is 5.69 Å². The summed E-state index contributed by atoms with van der Waals surface area (Å²) in [5.74, 6) is 10.3. The molecule has 2 atom stereocenters. The minimum Gasteiger partial charge on any atom is -0.418 e. The molecule has 160 valence electrons. The number of aliphatic imine (C=N–C) groups is 1. The summed E-state index contributed by atoms with van der Waals surface area (Å²) in [4.78, 5) is 4.83. The smallest absolute Gasteiger partial charge is 0.418 e. The van der Waals surface area contributed by atoms with Crippen LogP contribution in [0.3, 0.4) is 0 Å². The van der Waals surface area contributed by atoms with Gasteiger partial charge in [-0.25, -0.2) is 4.48 Å². The first kappa shape index (κ1) is 22.9. The van der Waals surface area contributed by atoms with Crippen molar-refractivity contribution in [2.75, 3.05) is 7.05 Å². The summed E-state index contributed by atoms with van der Waals surface area (Å²) < 4.78 is 39.4. The predicted molar refractivity (Wildman–Crippen MR) is 123 cm³/mol. The SMILES string of the molecule is C#CC(c1ccccc1)[N+]1(C)C(C#Cc2ccccc2)=Nc2ccccc21.F[B-](F)(F)F. The Morgan fingerprint density at radius 3 is 1.94 bits per heavy atom. The summed E-state index contributed by atoms with van der Waals surface area (Å²) in [6.07, 6.45) is 6.03. The largest absolute Gasteiger partial charge is 0.673 e. The molecule has 1 aliphatic heterocycles. The lowest BCUT2D eigenvalue weighted by Gasteiger charge is -2.34. The molecule has 0 spiro atoms. The molecule has 4 rings (SSSR count). The molecular weight excluding hydrogens is 415 g/mol. The summed E-state index contributed by atoms with van der Waals surface area (Å²) in [7, 11) is -3.90. The highest BCUT2D eigenvalue weighted by molar-refractivity contribution is 6.50. The first-order valence-electron chi connectivity index (χ1n) is 9.74. The standard InChI is InChI=1S/C25H19N2.BF4/c1-3-23(21-14-8-5-9-15-21)27(2)24-17-11-10-16-22(24)26-25(27)19-18-20-12-6-4-7-13-20;2-1(3,4)5/h1,4-17,23H,2H3;/q+1;-1. The number of hydrogen-bond donors (Lipinski definition) is 0. The molecule has 3 aromatic carbocycles. The van der Waals surface area contributed by atoms with Crippen LogP contribution < -0.4 is 4.48 Å². The van der Waals surface area contributed by atoms with Gasteiger partial charge in [-0.1, -0.05) is 66.6 Å². The molecule has 0 bridgehead atoms. The van der Waals surface area contributed by atoms with Crippen molar-refractivity contribution in [3.8, 4) is 24.2 Å². The first-order valence-corrected chi connectivity index (χ1v) is 9.74. The third-order valence-electron chi connectivity index (χ3n) is 4.93. The third kappa shape index (κ3) is 5.27. The molecule has 7 heteroatoms. The average molecular weight is 434 g/mol. The van der Waals surface area contributed by atoms with E-state index in [9.17, 15) is 17.3 Å². The first-order chi connectivity index (χ1) is 15.2. The topological polar surface area (TPSA) is 12.4 Å². The minimum absolute atomic E-state index is 0.210. The Morgan fingerprint density at radius 1 is 0.812 bits per heavy atom. The van der Waals surface area contributed by atoms with Crippen molar-refractivity contribution < 1.29 is 17.3 Å². The number of fused-ring (bicyclic) bond motifs is 1. The van der Waals surface area contributed by atoms with Crippen LogP contribution in [-0.2, 0) is 0 Å². The van der Waals surface area contributed by atoms with Gasteiger partial charge in [0, 0.05) is 23.1 Å². The van der Waals surface area contributed by atoms with Crippen molar-refractivity contribution in [1.82, 2.24) is 4.48 Å². The van der Waals surface area contributed by atoms with Crippen molar-refractivity contribution in [1.29, 1.82) is 0 Å². The van der Waals surface area contributed by atoms with Crippen LogP contribution in [0.15, 0.2) is 89.9 Å². The van der Waals surface area contributed by atoms with Crippen molar-refractivity contribution in [3.05, 3.63) is 96.1 Å². The van der Waals surface area contributed by atoms with Gasteiger partial charge in [-0.2, -0.15) is 4.99 Å². The third-order valence-corrected chi connectivity index (χ3v) is 4.93. The summed E-state index contributed by atoms with van der Waals surface area (Å²) in [5, 5.41) is 0. The molecule has 2 unspecified atom stereocenters. The number of amidine groups is 1. The molecule has 0 aliphatic carbocycles. The highest BCUT2D eigenvalue weighted by Crippen LogP contribution is 2.45. The van der Waals surface area contributed by atoms with Crippen LogP contribution in [0.1, 0.15) is 17.2 Å². The van der Waals surface area contributed by atoms with Gasteiger partial charge in [0.2, 0.25) is 0 Å². The second kappa shape index (κ2) is 9.55. The van der Waals surface area contributed by atoms with Crippen LogP contribution >= 0.6 is 0 Å². The van der Waals surface area contributed by atoms with Crippen molar-refractivity contribution in [2.24, 2.45) is 4.99 Å². The zero-order valence-corrected chi connectivity index (χ0v) is 17.2. The van der Waals surface area contributed by atoms with Crippen LogP contribution in [0.2, 0.25) is 0 Å². The number of nitrogens with zero attached hydrogens (tertiary/aromatic N) is 2. The number of para-hydroxylation sites is 2. The van der Waals surface area contributed by atoms with E-state index in [1.54, 1.807) is 0 Å². The molecule has 0 amide bonds. The van der Waals surface area contributed by atoms with E-state index in [4.69, 9.17) is 11.4 Å². The molecular formula is C25H19BF4N2. The summed E-state index contributed by atoms with van der Waals surface area (Å²) in [5.41, 5.74) is 4.03. The minimum atomic E-state index is -6.00. The van der Waals surface area contributed by atoms with Gasteiger partial charge in [-0.3, -0.25) is 0 Å². The number of benzene rings is 3. The number of halogens is 4. The molecule has 1 aliphatic rings. The van der Waals surface area contributed by atoms with E-state index in [1.807, 2.05) is 66.7 Å². The Bertz CT molecular complexity index is 1200. The van der Waals surface area contributed by atoms with Gasteiger partial charge >= 0.3 is 7.25 Å². The lowest BCUT2D eigenvalue weighted by atomic mass is 10.0. The zero-order chi connectivity index (χ0) is 23.2. The lowest BCUT2D eigenvalue weighted by molar-refractivity contribution is 0.368. The van der Waals surface area contributed by atoms with E-state index in [0.717, 1.165) is 28.3 Å². The fourth-order valence-electron chi connectivity index (χ4n) is 3.52. The van der Waals surface area contributed by atoms with Gasteiger partial charge in [-0.15, -0.1) is 6.42 Å². The number of hydrogen-bond acceptors (Lipinski definition) is 1. The second-order valence-corrected chi connectivity index (χ2v) is 7.09. The summed E-state index contributed by atoms with van der Waals surface area (Å²) in [6.45, 7) is 0. The molecule has 32 heavy (non-hydrogen) atoms. The van der Waals surface area contributed by atoms with Crippen molar-refractivity contribution >= 4 is 24.5 Å². The molecule has 0 N–H and O–H groups in total. The molecule has 0 aromatic heterocycles. The Kier molecular flexibility index (Phi) is 6.83. The second-order valence-electron chi connectivity index (χ2n) is 7.09. The number of rotatable bonds is 2. The normalized spacial score (nSPS) is 17.4. The predicted octanol–water partition coefficient (Wildman–Crippen LogP) is 6.39. The molecule has 0 saturated heterocycles. The Hall–Kier alpha value is -3.81. The van der Waals surface area contributed by atoms with E-state index in [-0.39, 0.29) is 6.04 Å². The van der Waals surface area contributed by atoms with Gasteiger partial charge in [-0.05, 0) is 24.1 Å². The highest BCUT2D eigenvalue weighted by Gasteiger charge is 2.45. The summed E-state index contributed by atoms with van der Waals surface area (Å²) >= 11 is 0.